The molecule has 50 heavy (non-hydrogen) atoms. The molecule has 2 aliphatic rings. The molecule has 0 amide bonds. The second kappa shape index (κ2) is 13.0. The van der Waals surface area contributed by atoms with Gasteiger partial charge >= 0.3 is 0 Å². The van der Waals surface area contributed by atoms with Gasteiger partial charge < -0.3 is 9.13 Å². The molecule has 0 saturated carbocycles. The van der Waals surface area contributed by atoms with E-state index in [1.807, 2.05) is 6.92 Å². The summed E-state index contributed by atoms with van der Waals surface area (Å²) in [6.45, 7) is 8.79. The third-order valence-corrected chi connectivity index (χ3v) is 10.1. The molecule has 7 aromatic rings. The third-order valence-electron chi connectivity index (χ3n) is 10.1. The van der Waals surface area contributed by atoms with E-state index in [0.29, 0.717) is 0 Å². The maximum Gasteiger partial charge on any atom is 0.121 e. The summed E-state index contributed by atoms with van der Waals surface area (Å²) in [5.41, 5.74) is 9.13. The number of para-hydroxylation sites is 4. The molecule has 0 saturated heterocycles. The predicted molar refractivity (Wildman–Crippen MR) is 210 cm³/mol. The summed E-state index contributed by atoms with van der Waals surface area (Å²) in [5.74, 6) is 0.997. The summed E-state index contributed by atoms with van der Waals surface area (Å²) in [5, 5.41) is 3.75. The number of allylic oxidation sites excluding steroid dienone is 6. The Morgan fingerprint density at radius 3 is 2.10 bits per heavy atom. The van der Waals surface area contributed by atoms with Gasteiger partial charge in [-0.3, -0.25) is 0 Å². The van der Waals surface area contributed by atoms with Crippen LogP contribution in [0.2, 0.25) is 0 Å². The van der Waals surface area contributed by atoms with Crippen LogP contribution in [0, 0.1) is 0 Å². The van der Waals surface area contributed by atoms with Crippen LogP contribution in [0.4, 0.5) is 0 Å². The lowest BCUT2D eigenvalue weighted by Gasteiger charge is -2.41. The van der Waals surface area contributed by atoms with Gasteiger partial charge in [-0.1, -0.05) is 152 Å². The highest BCUT2D eigenvalue weighted by atomic mass is 15.1. The van der Waals surface area contributed by atoms with Gasteiger partial charge in [0.2, 0.25) is 0 Å². The van der Waals surface area contributed by atoms with Crippen LogP contribution in [-0.4, -0.2) is 14.1 Å². The summed E-state index contributed by atoms with van der Waals surface area (Å²) in [7, 11) is 0. The molecule has 0 N–H and O–H groups in total. The highest BCUT2D eigenvalue weighted by molar-refractivity contribution is 5.92. The van der Waals surface area contributed by atoms with E-state index >= 15 is 0 Å². The maximum absolute atomic E-state index is 5.31. The topological polar surface area (TPSA) is 22.8 Å². The molecular formula is C47H39N3. The van der Waals surface area contributed by atoms with E-state index in [0.717, 1.165) is 23.4 Å². The summed E-state index contributed by atoms with van der Waals surface area (Å²) >= 11 is 0. The van der Waals surface area contributed by atoms with Gasteiger partial charge in [0, 0.05) is 17.1 Å². The van der Waals surface area contributed by atoms with Crippen LogP contribution < -0.4 is 10.6 Å². The van der Waals surface area contributed by atoms with Crippen molar-refractivity contribution in [2.24, 2.45) is 0 Å². The summed E-state index contributed by atoms with van der Waals surface area (Å²) in [4.78, 5) is 5.31. The molecule has 242 valence electrons. The van der Waals surface area contributed by atoms with Gasteiger partial charge in [-0.15, -0.1) is 13.2 Å². The number of rotatable bonds is 6. The SMILES string of the molecule is C/C=C\C=C/Cn1c(C2C=CC3=c4c(c5ccccc5n4-c4ccccc4C3(c3ccccc3)c3ccccc3)=C2)nc2ccccc21.C=C. The Kier molecular flexibility index (Phi) is 8.10. The Balaban J connectivity index is 0.00000177. The molecule has 3 nitrogen and oxygen atoms in total. The van der Waals surface area contributed by atoms with Crippen LogP contribution >= 0.6 is 0 Å². The fourth-order valence-corrected chi connectivity index (χ4v) is 8.12. The molecule has 3 heteroatoms. The first kappa shape index (κ1) is 31.1. The number of hydrogen-bond acceptors (Lipinski definition) is 1. The summed E-state index contributed by atoms with van der Waals surface area (Å²) < 4.78 is 4.88. The number of benzene rings is 5. The summed E-state index contributed by atoms with van der Waals surface area (Å²) in [6, 6.07) is 48.5. The number of hydrogen-bond donors (Lipinski definition) is 0. The van der Waals surface area contributed by atoms with Crippen molar-refractivity contribution >= 4 is 33.6 Å². The van der Waals surface area contributed by atoms with E-state index in [2.05, 4.69) is 198 Å². The van der Waals surface area contributed by atoms with Crippen molar-refractivity contribution in [2.75, 3.05) is 0 Å². The monoisotopic (exact) mass is 645 g/mol. The molecular weight excluding hydrogens is 607 g/mol. The van der Waals surface area contributed by atoms with Gasteiger partial charge in [0.25, 0.3) is 0 Å². The lowest BCUT2D eigenvalue weighted by atomic mass is 9.63. The molecule has 9 rings (SSSR count). The molecule has 0 spiro atoms. The highest BCUT2D eigenvalue weighted by Crippen LogP contribution is 2.50. The fraction of sp³-hybridized carbons (Fsp3) is 0.0851. The van der Waals surface area contributed by atoms with E-state index in [-0.39, 0.29) is 5.92 Å². The van der Waals surface area contributed by atoms with Crippen LogP contribution in [0.25, 0.3) is 39.3 Å². The molecule has 0 bridgehead atoms. The molecule has 0 fully saturated rings. The van der Waals surface area contributed by atoms with E-state index < -0.39 is 5.41 Å². The van der Waals surface area contributed by atoms with Crippen molar-refractivity contribution < 1.29 is 0 Å². The van der Waals surface area contributed by atoms with Crippen molar-refractivity contribution in [1.29, 1.82) is 0 Å². The van der Waals surface area contributed by atoms with Crippen LogP contribution in [-0.2, 0) is 12.0 Å². The lowest BCUT2D eigenvalue weighted by molar-refractivity contribution is 0.758. The lowest BCUT2D eigenvalue weighted by Crippen LogP contribution is -2.45. The van der Waals surface area contributed by atoms with Crippen molar-refractivity contribution in [1.82, 2.24) is 14.1 Å². The molecule has 0 radical (unpaired) electrons. The summed E-state index contributed by atoms with van der Waals surface area (Å²) in [6.07, 6.45) is 15.7. The number of aromatic nitrogens is 3. The Morgan fingerprint density at radius 2 is 1.36 bits per heavy atom. The standard InChI is InChI=1S/C45H35N3.C2H4/c1-2-3-4-17-30-47-42-27-16-13-24-39(42)46-44(47)32-28-29-38-43-36(31-32)35-22-11-14-25-40(35)48(43)41-26-15-12-23-37(41)45(38,33-18-7-5-8-19-33)34-20-9-6-10-21-34;1-2/h2-29,31-32H,30H2,1H3;1-2H2/b3-2-,17-4-;. The van der Waals surface area contributed by atoms with Gasteiger partial charge in [-0.05, 0) is 53.5 Å². The Hall–Kier alpha value is -6.19. The van der Waals surface area contributed by atoms with E-state index in [1.165, 1.54) is 49.4 Å². The third kappa shape index (κ3) is 4.69. The van der Waals surface area contributed by atoms with Crippen molar-refractivity contribution in [2.45, 2.75) is 24.8 Å². The molecule has 1 aliphatic heterocycles. The normalized spacial score (nSPS) is 15.8. The smallest absolute Gasteiger partial charge is 0.121 e. The molecule has 1 unspecified atom stereocenters. The number of nitrogens with zero attached hydrogens (tertiary/aromatic N) is 3. The van der Waals surface area contributed by atoms with Crippen molar-refractivity contribution in [3.8, 4) is 5.69 Å². The molecule has 1 atom stereocenters. The largest absolute Gasteiger partial charge is 0.323 e. The maximum atomic E-state index is 5.31. The van der Waals surface area contributed by atoms with Crippen LogP contribution in [0.15, 0.2) is 183 Å². The number of imidazole rings is 1. The Morgan fingerprint density at radius 1 is 0.720 bits per heavy atom. The van der Waals surface area contributed by atoms with Crippen molar-refractivity contribution in [3.63, 3.8) is 0 Å². The van der Waals surface area contributed by atoms with Gasteiger partial charge in [0.15, 0.2) is 0 Å². The first-order valence-electron chi connectivity index (χ1n) is 17.3. The molecule has 5 aromatic carbocycles. The first-order valence-corrected chi connectivity index (χ1v) is 17.3. The van der Waals surface area contributed by atoms with Crippen LogP contribution in [0.3, 0.4) is 0 Å². The average Bonchev–Trinajstić information content (AvgIpc) is 3.64. The molecule has 1 aliphatic carbocycles. The Labute approximate surface area is 293 Å². The predicted octanol–water partition coefficient (Wildman–Crippen LogP) is 9.55. The number of fused-ring (bicyclic) bond motifs is 6. The average molecular weight is 646 g/mol. The highest BCUT2D eigenvalue weighted by Gasteiger charge is 2.45. The quantitative estimate of drug-likeness (QED) is 0.131. The van der Waals surface area contributed by atoms with Crippen LogP contribution in [0.5, 0.6) is 0 Å². The van der Waals surface area contributed by atoms with Crippen molar-refractivity contribution in [3.05, 3.63) is 216 Å². The minimum atomic E-state index is -0.535. The van der Waals surface area contributed by atoms with E-state index in [9.17, 15) is 0 Å². The minimum Gasteiger partial charge on any atom is -0.323 e. The zero-order valence-corrected chi connectivity index (χ0v) is 28.3. The van der Waals surface area contributed by atoms with E-state index in [4.69, 9.17) is 4.98 Å². The zero-order valence-electron chi connectivity index (χ0n) is 28.3. The Bertz CT molecular complexity index is 2520. The van der Waals surface area contributed by atoms with Gasteiger partial charge in [-0.2, -0.15) is 0 Å². The second-order valence-electron chi connectivity index (χ2n) is 12.6. The fourth-order valence-electron chi connectivity index (χ4n) is 8.12. The van der Waals surface area contributed by atoms with Gasteiger partial charge in [0.05, 0.1) is 38.9 Å². The van der Waals surface area contributed by atoms with Gasteiger partial charge in [-0.25, -0.2) is 4.98 Å². The second-order valence-corrected chi connectivity index (χ2v) is 12.6. The molecule has 2 aromatic heterocycles. The van der Waals surface area contributed by atoms with Crippen LogP contribution in [0.1, 0.15) is 35.4 Å². The minimum absolute atomic E-state index is 0.0477. The first-order chi connectivity index (χ1) is 24.8. The van der Waals surface area contributed by atoms with E-state index in [1.54, 1.807) is 0 Å². The van der Waals surface area contributed by atoms with Gasteiger partial charge in [0.1, 0.15) is 5.82 Å². The molecule has 3 heterocycles. The zero-order chi connectivity index (χ0) is 34.1.